The van der Waals surface area contributed by atoms with Gasteiger partial charge in [-0.25, -0.2) is 0 Å². The molecule has 0 saturated carbocycles. The molecule has 55 heavy (non-hydrogen) atoms. The average Bonchev–Trinajstić information content (AvgIpc) is 3.84. The highest BCUT2D eigenvalue weighted by Gasteiger charge is 2.20. The number of fused-ring (bicyclic) bond motifs is 7. The Bertz CT molecular complexity index is 3190. The molecule has 0 radical (unpaired) electrons. The third-order valence-electron chi connectivity index (χ3n) is 10.9. The van der Waals surface area contributed by atoms with Gasteiger partial charge in [-0.1, -0.05) is 158 Å². The molecule has 0 aliphatic carbocycles. The van der Waals surface area contributed by atoms with E-state index < -0.39 is 0 Å². The molecule has 0 fully saturated rings. The summed E-state index contributed by atoms with van der Waals surface area (Å²) in [5.41, 5.74) is 13.3. The summed E-state index contributed by atoms with van der Waals surface area (Å²) < 4.78 is 13.3. The van der Waals surface area contributed by atoms with Crippen LogP contribution in [0.5, 0.6) is 0 Å². The highest BCUT2D eigenvalue weighted by molar-refractivity contribution is 6.16. The van der Waals surface area contributed by atoms with E-state index in [9.17, 15) is 0 Å². The Labute approximate surface area is 317 Å². The van der Waals surface area contributed by atoms with E-state index in [2.05, 4.69) is 193 Å². The summed E-state index contributed by atoms with van der Waals surface area (Å²) in [6.07, 6.45) is 0. The summed E-state index contributed by atoms with van der Waals surface area (Å²) in [6.45, 7) is 0. The molecule has 0 amide bonds. The molecule has 9 aromatic carbocycles. The number of para-hydroxylation sites is 4. The number of furan rings is 2. The lowest BCUT2D eigenvalue weighted by molar-refractivity contribution is 0.665. The second-order valence-electron chi connectivity index (χ2n) is 14.1. The quantitative estimate of drug-likeness (QED) is 0.173. The molecule has 11 aromatic rings. The zero-order valence-electron chi connectivity index (χ0n) is 29.8. The maximum Gasteiger partial charge on any atom is 0.143 e. The van der Waals surface area contributed by atoms with Gasteiger partial charge in [0.1, 0.15) is 22.3 Å². The fourth-order valence-electron chi connectivity index (χ4n) is 8.21. The fraction of sp³-hybridized carbons (Fsp3) is 0. The molecule has 0 bridgehead atoms. The molecule has 0 spiro atoms. The van der Waals surface area contributed by atoms with E-state index in [1.165, 1.54) is 21.9 Å². The first-order chi connectivity index (χ1) is 27.3. The third-order valence-corrected chi connectivity index (χ3v) is 10.9. The number of hydrogen-bond donors (Lipinski definition) is 0. The molecular formula is C52H33NO2. The van der Waals surface area contributed by atoms with Crippen molar-refractivity contribution >= 4 is 71.7 Å². The SMILES string of the molecule is c1ccc(-c2ccc(N(c3ccc(-c4cccc5c4oc4c(-c6cccc7c6oc6ccccc67)cccc45)cc3)c3ccc4ccccc4c3)cc2)cc1. The molecule has 0 aliphatic heterocycles. The molecule has 0 atom stereocenters. The second kappa shape index (κ2) is 12.6. The van der Waals surface area contributed by atoms with E-state index in [0.29, 0.717) is 0 Å². The van der Waals surface area contributed by atoms with Gasteiger partial charge < -0.3 is 13.7 Å². The predicted molar refractivity (Wildman–Crippen MR) is 229 cm³/mol. The molecule has 3 nitrogen and oxygen atoms in total. The molecule has 11 rings (SSSR count). The van der Waals surface area contributed by atoms with Gasteiger partial charge in [0, 0.05) is 55.3 Å². The lowest BCUT2D eigenvalue weighted by atomic mass is 9.99. The Morgan fingerprint density at radius 3 is 1.49 bits per heavy atom. The fourth-order valence-corrected chi connectivity index (χ4v) is 8.21. The van der Waals surface area contributed by atoms with Crippen LogP contribution in [-0.4, -0.2) is 0 Å². The molecule has 0 aliphatic rings. The van der Waals surface area contributed by atoms with Gasteiger partial charge in [0.15, 0.2) is 0 Å². The van der Waals surface area contributed by atoms with E-state index >= 15 is 0 Å². The molecule has 2 aromatic heterocycles. The van der Waals surface area contributed by atoms with Crippen molar-refractivity contribution in [2.45, 2.75) is 0 Å². The van der Waals surface area contributed by atoms with Gasteiger partial charge in [0.25, 0.3) is 0 Å². The van der Waals surface area contributed by atoms with Gasteiger partial charge >= 0.3 is 0 Å². The van der Waals surface area contributed by atoms with Crippen molar-refractivity contribution in [1.29, 1.82) is 0 Å². The maximum atomic E-state index is 6.90. The van der Waals surface area contributed by atoms with Crippen LogP contribution in [0.15, 0.2) is 209 Å². The Kier molecular flexibility index (Phi) is 7.17. The van der Waals surface area contributed by atoms with Gasteiger partial charge in [-0.3, -0.25) is 0 Å². The van der Waals surface area contributed by atoms with Crippen LogP contribution in [0.1, 0.15) is 0 Å². The first kappa shape index (κ1) is 31.2. The molecule has 2 heterocycles. The van der Waals surface area contributed by atoms with Crippen LogP contribution in [0.4, 0.5) is 17.1 Å². The molecular weight excluding hydrogens is 671 g/mol. The van der Waals surface area contributed by atoms with Crippen LogP contribution in [0, 0.1) is 0 Å². The molecule has 0 saturated heterocycles. The summed E-state index contributed by atoms with van der Waals surface area (Å²) in [5, 5.41) is 6.82. The lowest BCUT2D eigenvalue weighted by Crippen LogP contribution is -2.09. The highest BCUT2D eigenvalue weighted by Crippen LogP contribution is 2.44. The first-order valence-corrected chi connectivity index (χ1v) is 18.7. The number of benzene rings is 9. The van der Waals surface area contributed by atoms with E-state index in [4.69, 9.17) is 8.83 Å². The van der Waals surface area contributed by atoms with Crippen LogP contribution in [0.3, 0.4) is 0 Å². The molecule has 0 unspecified atom stereocenters. The molecule has 3 heteroatoms. The minimum atomic E-state index is 0.857. The van der Waals surface area contributed by atoms with Gasteiger partial charge in [0.2, 0.25) is 0 Å². The predicted octanol–water partition coefficient (Wildman–Crippen LogP) is 15.1. The average molecular weight is 704 g/mol. The smallest absolute Gasteiger partial charge is 0.143 e. The van der Waals surface area contributed by atoms with E-state index in [0.717, 1.165) is 83.2 Å². The monoisotopic (exact) mass is 703 g/mol. The van der Waals surface area contributed by atoms with Gasteiger partial charge in [0.05, 0.1) is 0 Å². The lowest BCUT2D eigenvalue weighted by Gasteiger charge is -2.26. The number of nitrogens with zero attached hydrogens (tertiary/aromatic N) is 1. The summed E-state index contributed by atoms with van der Waals surface area (Å²) in [4.78, 5) is 2.33. The van der Waals surface area contributed by atoms with Crippen molar-refractivity contribution in [3.63, 3.8) is 0 Å². The van der Waals surface area contributed by atoms with Crippen molar-refractivity contribution in [1.82, 2.24) is 0 Å². The summed E-state index contributed by atoms with van der Waals surface area (Å²) in [7, 11) is 0. The minimum absolute atomic E-state index is 0.857. The first-order valence-electron chi connectivity index (χ1n) is 18.7. The minimum Gasteiger partial charge on any atom is -0.455 e. The van der Waals surface area contributed by atoms with Crippen LogP contribution >= 0.6 is 0 Å². The van der Waals surface area contributed by atoms with Crippen molar-refractivity contribution in [3.05, 3.63) is 200 Å². The van der Waals surface area contributed by atoms with Gasteiger partial charge in [-0.15, -0.1) is 0 Å². The second-order valence-corrected chi connectivity index (χ2v) is 14.1. The Hall–Kier alpha value is -7.36. The van der Waals surface area contributed by atoms with Crippen molar-refractivity contribution in [3.8, 4) is 33.4 Å². The maximum absolute atomic E-state index is 6.90. The number of rotatable bonds is 6. The standard InChI is InChI=1S/C52H33NO2/c1-2-11-34(12-3-1)36-23-28-39(29-24-36)53(41-32-25-35-13-4-5-14-38(35)33-41)40-30-26-37(27-31-40)42-16-8-18-45-47-20-10-21-48(52(47)55-50(42)45)46-19-9-17-44-43-15-6-7-22-49(43)54-51(44)46/h1-33H. The van der Waals surface area contributed by atoms with Gasteiger partial charge in [-0.2, -0.15) is 0 Å². The van der Waals surface area contributed by atoms with Crippen molar-refractivity contribution in [2.75, 3.05) is 4.90 Å². The normalized spacial score (nSPS) is 11.6. The number of anilines is 3. The van der Waals surface area contributed by atoms with Crippen LogP contribution in [0.2, 0.25) is 0 Å². The largest absolute Gasteiger partial charge is 0.455 e. The number of hydrogen-bond acceptors (Lipinski definition) is 3. The Morgan fingerprint density at radius 2 is 0.782 bits per heavy atom. The van der Waals surface area contributed by atoms with Crippen molar-refractivity contribution < 1.29 is 8.83 Å². The van der Waals surface area contributed by atoms with Crippen LogP contribution in [-0.2, 0) is 0 Å². The molecule has 258 valence electrons. The Morgan fingerprint density at radius 1 is 0.291 bits per heavy atom. The zero-order chi connectivity index (χ0) is 36.3. The third kappa shape index (κ3) is 5.20. The molecule has 0 N–H and O–H groups in total. The zero-order valence-corrected chi connectivity index (χ0v) is 29.8. The summed E-state index contributed by atoms with van der Waals surface area (Å²) >= 11 is 0. The topological polar surface area (TPSA) is 29.5 Å². The van der Waals surface area contributed by atoms with Crippen molar-refractivity contribution in [2.24, 2.45) is 0 Å². The summed E-state index contributed by atoms with van der Waals surface area (Å²) in [5.74, 6) is 0. The Balaban J connectivity index is 1.02. The van der Waals surface area contributed by atoms with E-state index in [1.807, 2.05) is 12.1 Å². The van der Waals surface area contributed by atoms with E-state index in [-0.39, 0.29) is 0 Å². The van der Waals surface area contributed by atoms with E-state index in [1.54, 1.807) is 0 Å². The van der Waals surface area contributed by atoms with Gasteiger partial charge in [-0.05, 0) is 69.9 Å². The van der Waals surface area contributed by atoms with Crippen LogP contribution in [0.25, 0.3) is 88.0 Å². The highest BCUT2D eigenvalue weighted by atomic mass is 16.3. The summed E-state index contributed by atoms with van der Waals surface area (Å²) in [6, 6.07) is 70.8. The van der Waals surface area contributed by atoms with Crippen LogP contribution < -0.4 is 4.90 Å².